The zero-order chi connectivity index (χ0) is 28.7. The van der Waals surface area contributed by atoms with Gasteiger partial charge in [0.05, 0.1) is 32.6 Å². The second kappa shape index (κ2) is 12.6. The van der Waals surface area contributed by atoms with Crippen LogP contribution in [-0.2, 0) is 20.5 Å². The van der Waals surface area contributed by atoms with E-state index in [9.17, 15) is 37.7 Å². The van der Waals surface area contributed by atoms with E-state index < -0.39 is 53.8 Å². The van der Waals surface area contributed by atoms with Crippen LogP contribution in [0, 0.1) is 10.1 Å². The number of nitro benzene ring substituents is 1. The fourth-order valence-electron chi connectivity index (χ4n) is 3.10. The number of ketones is 1. The Kier molecular flexibility index (Phi) is 9.49. The van der Waals surface area contributed by atoms with Crippen LogP contribution in [-0.4, -0.2) is 29.2 Å². The number of ether oxygens (including phenoxy) is 2. The smallest absolute Gasteiger partial charge is 0.416 e. The summed E-state index contributed by atoms with van der Waals surface area (Å²) in [5, 5.41) is 13.3. The number of anilines is 1. The normalized spacial score (nSPS) is 11.0. The van der Waals surface area contributed by atoms with Crippen molar-refractivity contribution in [1.82, 2.24) is 0 Å². The number of nitrogens with zero attached hydrogens (tertiary/aromatic N) is 1. The van der Waals surface area contributed by atoms with Crippen molar-refractivity contribution < 1.29 is 42.0 Å². The second-order valence-corrected chi connectivity index (χ2v) is 8.61. The van der Waals surface area contributed by atoms with Gasteiger partial charge in [0.15, 0.2) is 12.4 Å². The largest absolute Gasteiger partial charge is 0.457 e. The lowest BCUT2D eigenvalue weighted by atomic mass is 10.1. The lowest BCUT2D eigenvalue weighted by Gasteiger charge is -2.11. The highest BCUT2D eigenvalue weighted by atomic mass is 35.5. The Morgan fingerprint density at radius 3 is 2.28 bits per heavy atom. The summed E-state index contributed by atoms with van der Waals surface area (Å²) in [5.74, 6) is -2.27. The summed E-state index contributed by atoms with van der Waals surface area (Å²) in [6, 6.07) is 11.9. The predicted octanol–water partition coefficient (Wildman–Crippen LogP) is 6.86. The molecule has 0 saturated carbocycles. The van der Waals surface area contributed by atoms with Gasteiger partial charge in [-0.1, -0.05) is 29.3 Å². The molecule has 39 heavy (non-hydrogen) atoms. The van der Waals surface area contributed by atoms with E-state index in [0.29, 0.717) is 6.07 Å². The maximum atomic E-state index is 12.8. The van der Waals surface area contributed by atoms with E-state index in [1.165, 1.54) is 42.5 Å². The zero-order valence-corrected chi connectivity index (χ0v) is 21.1. The minimum absolute atomic E-state index is 0.0165. The van der Waals surface area contributed by atoms with Gasteiger partial charge in [-0.2, -0.15) is 13.2 Å². The standard InChI is InChI=1S/C25H17Cl2F3N2O7/c26-17-9-6-15(25(28,29)30)12-19(17)31-22(34)10-11-23(35)38-13-21(33)14-4-7-16(8-5-14)39-24-18(27)2-1-3-20(24)32(36)37/h1-9,12H,10-11,13H2,(H,31,34). The summed E-state index contributed by atoms with van der Waals surface area (Å²) < 4.78 is 48.9. The molecule has 0 spiro atoms. The molecule has 0 fully saturated rings. The van der Waals surface area contributed by atoms with Crippen molar-refractivity contribution in [2.75, 3.05) is 11.9 Å². The van der Waals surface area contributed by atoms with Gasteiger partial charge in [0.2, 0.25) is 11.7 Å². The molecule has 1 N–H and O–H groups in total. The van der Waals surface area contributed by atoms with Crippen LogP contribution in [0.1, 0.15) is 28.8 Å². The van der Waals surface area contributed by atoms with Gasteiger partial charge in [-0.05, 0) is 48.5 Å². The SMILES string of the molecule is O=C(CCC(=O)OCC(=O)c1ccc(Oc2c(Cl)cccc2[N+](=O)[O-])cc1)Nc1cc(C(F)(F)F)ccc1Cl. The van der Waals surface area contributed by atoms with Gasteiger partial charge < -0.3 is 14.8 Å². The van der Waals surface area contributed by atoms with Crippen LogP contribution in [0.4, 0.5) is 24.5 Å². The van der Waals surface area contributed by atoms with Gasteiger partial charge in [-0.3, -0.25) is 24.5 Å². The van der Waals surface area contributed by atoms with Crippen molar-refractivity contribution >= 4 is 52.2 Å². The molecule has 9 nitrogen and oxygen atoms in total. The lowest BCUT2D eigenvalue weighted by Crippen LogP contribution is -2.18. The monoisotopic (exact) mass is 584 g/mol. The number of benzene rings is 3. The number of hydrogen-bond donors (Lipinski definition) is 1. The molecular weight excluding hydrogens is 568 g/mol. The molecule has 0 aromatic heterocycles. The molecule has 0 unspecified atom stereocenters. The van der Waals surface area contributed by atoms with Crippen molar-refractivity contribution in [3.63, 3.8) is 0 Å². The fourth-order valence-corrected chi connectivity index (χ4v) is 3.47. The number of amides is 1. The zero-order valence-electron chi connectivity index (χ0n) is 19.6. The molecular formula is C25H17Cl2F3N2O7. The Balaban J connectivity index is 1.49. The van der Waals surface area contributed by atoms with E-state index >= 15 is 0 Å². The minimum atomic E-state index is -4.63. The molecule has 3 rings (SSSR count). The third kappa shape index (κ3) is 8.16. The summed E-state index contributed by atoms with van der Waals surface area (Å²) in [7, 11) is 0. The van der Waals surface area contributed by atoms with Crippen molar-refractivity contribution in [3.05, 3.63) is 92.0 Å². The number of nitrogens with one attached hydrogen (secondary N) is 1. The van der Waals surface area contributed by atoms with E-state index in [1.807, 2.05) is 0 Å². The fraction of sp³-hybridized carbons (Fsp3) is 0.160. The highest BCUT2D eigenvalue weighted by Gasteiger charge is 2.31. The molecule has 0 aliphatic heterocycles. The van der Waals surface area contributed by atoms with E-state index in [-0.39, 0.29) is 38.5 Å². The lowest BCUT2D eigenvalue weighted by molar-refractivity contribution is -0.385. The Morgan fingerprint density at radius 2 is 1.64 bits per heavy atom. The first-order chi connectivity index (χ1) is 18.3. The van der Waals surface area contributed by atoms with E-state index in [0.717, 1.165) is 12.1 Å². The molecule has 0 saturated heterocycles. The quantitative estimate of drug-likeness (QED) is 0.119. The van der Waals surface area contributed by atoms with Gasteiger partial charge >= 0.3 is 17.8 Å². The molecule has 0 bridgehead atoms. The van der Waals surface area contributed by atoms with Crippen molar-refractivity contribution in [3.8, 4) is 11.5 Å². The number of para-hydroxylation sites is 1. The Bertz CT molecular complexity index is 1410. The molecule has 0 heterocycles. The molecule has 14 heteroatoms. The number of halogens is 5. The molecule has 0 radical (unpaired) electrons. The first kappa shape index (κ1) is 29.4. The number of alkyl halides is 3. The summed E-state index contributed by atoms with van der Waals surface area (Å²) in [5.41, 5.74) is -1.48. The Hall–Kier alpha value is -4.16. The Labute approximate surface area is 228 Å². The second-order valence-electron chi connectivity index (χ2n) is 7.80. The number of carbonyl (C=O) groups excluding carboxylic acids is 3. The number of esters is 1. The van der Waals surface area contributed by atoms with Crippen LogP contribution in [0.2, 0.25) is 10.0 Å². The third-order valence-electron chi connectivity index (χ3n) is 5.03. The van der Waals surface area contributed by atoms with Gasteiger partial charge in [0, 0.05) is 18.1 Å². The average Bonchev–Trinajstić information content (AvgIpc) is 2.88. The van der Waals surface area contributed by atoms with Crippen LogP contribution in [0.15, 0.2) is 60.7 Å². The van der Waals surface area contributed by atoms with Crippen molar-refractivity contribution in [2.45, 2.75) is 19.0 Å². The Morgan fingerprint density at radius 1 is 0.949 bits per heavy atom. The molecule has 1 amide bonds. The number of rotatable bonds is 10. The maximum Gasteiger partial charge on any atom is 0.416 e. The van der Waals surface area contributed by atoms with E-state index in [1.54, 1.807) is 0 Å². The number of Topliss-reactive ketones (excluding diaryl/α,β-unsaturated/α-hetero) is 1. The van der Waals surface area contributed by atoms with Crippen molar-refractivity contribution in [1.29, 1.82) is 0 Å². The third-order valence-corrected chi connectivity index (χ3v) is 5.65. The molecule has 204 valence electrons. The summed E-state index contributed by atoms with van der Waals surface area (Å²) in [4.78, 5) is 46.8. The molecule has 0 aliphatic rings. The highest BCUT2D eigenvalue weighted by molar-refractivity contribution is 6.33. The maximum absolute atomic E-state index is 12.8. The number of carbonyl (C=O) groups is 3. The summed E-state index contributed by atoms with van der Waals surface area (Å²) in [6.07, 6.45) is -5.51. The number of nitro groups is 1. The highest BCUT2D eigenvalue weighted by Crippen LogP contribution is 2.38. The molecule has 0 aliphatic carbocycles. The molecule has 3 aromatic rings. The molecule has 0 atom stereocenters. The van der Waals surface area contributed by atoms with Gasteiger partial charge in [0.25, 0.3) is 0 Å². The minimum Gasteiger partial charge on any atom is -0.457 e. The van der Waals surface area contributed by atoms with Crippen LogP contribution >= 0.6 is 23.2 Å². The van der Waals surface area contributed by atoms with Gasteiger partial charge in [0.1, 0.15) is 5.75 Å². The predicted molar refractivity (Wildman–Crippen MR) is 134 cm³/mol. The number of hydrogen-bond acceptors (Lipinski definition) is 7. The van der Waals surface area contributed by atoms with E-state index in [4.69, 9.17) is 32.7 Å². The topological polar surface area (TPSA) is 125 Å². The van der Waals surface area contributed by atoms with Crippen LogP contribution in [0.5, 0.6) is 11.5 Å². The van der Waals surface area contributed by atoms with Gasteiger partial charge in [-0.15, -0.1) is 0 Å². The summed E-state index contributed by atoms with van der Waals surface area (Å²) >= 11 is 11.8. The average molecular weight is 585 g/mol. The first-order valence-electron chi connectivity index (χ1n) is 10.9. The van der Waals surface area contributed by atoms with Crippen LogP contribution in [0.3, 0.4) is 0 Å². The molecule has 3 aromatic carbocycles. The van der Waals surface area contributed by atoms with E-state index in [2.05, 4.69) is 5.32 Å². The van der Waals surface area contributed by atoms with Crippen molar-refractivity contribution in [2.24, 2.45) is 0 Å². The van der Waals surface area contributed by atoms with Crippen LogP contribution < -0.4 is 10.1 Å². The first-order valence-corrected chi connectivity index (χ1v) is 11.7. The van der Waals surface area contributed by atoms with Gasteiger partial charge in [-0.25, -0.2) is 0 Å². The summed E-state index contributed by atoms with van der Waals surface area (Å²) in [6.45, 7) is -0.643. The van der Waals surface area contributed by atoms with Crippen LogP contribution in [0.25, 0.3) is 0 Å².